The molecule has 0 unspecified atom stereocenters. The quantitative estimate of drug-likeness (QED) is 0.366. The molecule has 0 atom stereocenters. The van der Waals surface area contributed by atoms with E-state index in [1.165, 1.54) is 35.4 Å². The molecule has 0 saturated heterocycles. The van der Waals surface area contributed by atoms with Crippen LogP contribution in [0, 0.1) is 6.92 Å². The molecule has 0 aliphatic rings. The fourth-order valence-corrected chi connectivity index (χ4v) is 4.33. The maximum Gasteiger partial charge on any atom is 0.419 e. The molecule has 1 amide bonds. The molecule has 11 heteroatoms. The van der Waals surface area contributed by atoms with Gasteiger partial charge in [-0.2, -0.15) is 0 Å². The number of hydrogen-bond acceptors (Lipinski definition) is 8. The van der Waals surface area contributed by atoms with Crippen LogP contribution >= 0.6 is 22.9 Å². The first-order chi connectivity index (χ1) is 16.1. The van der Waals surface area contributed by atoms with Crippen LogP contribution in [0.15, 0.2) is 36.8 Å². The lowest BCUT2D eigenvalue weighted by molar-refractivity contribution is 0.0545. The second-order valence-corrected chi connectivity index (χ2v) is 9.77. The Labute approximate surface area is 204 Å². The number of anilines is 1. The predicted molar refractivity (Wildman–Crippen MR) is 131 cm³/mol. The largest absolute Gasteiger partial charge is 0.494 e. The lowest BCUT2D eigenvalue weighted by atomic mass is 10.0. The molecule has 34 heavy (non-hydrogen) atoms. The van der Waals surface area contributed by atoms with E-state index in [2.05, 4.69) is 20.3 Å². The van der Waals surface area contributed by atoms with Crippen LogP contribution in [0.3, 0.4) is 0 Å². The third kappa shape index (κ3) is 4.87. The number of nitrogens with one attached hydrogen (secondary N) is 1. The highest BCUT2D eigenvalue weighted by Crippen LogP contribution is 2.35. The molecule has 4 aromatic heterocycles. The highest BCUT2D eigenvalue weighted by atomic mass is 35.5. The topological polar surface area (TPSA) is 108 Å². The molecule has 0 aromatic carbocycles. The van der Waals surface area contributed by atoms with Gasteiger partial charge in [-0.3, -0.25) is 15.1 Å². The van der Waals surface area contributed by atoms with Crippen molar-refractivity contribution in [2.45, 2.75) is 33.3 Å². The Balaban J connectivity index is 1.67. The summed E-state index contributed by atoms with van der Waals surface area (Å²) in [4.78, 5) is 39.1. The maximum atomic E-state index is 13.2. The number of carbonyl (C=O) groups is 2. The van der Waals surface area contributed by atoms with Gasteiger partial charge in [0.2, 0.25) is 0 Å². The lowest BCUT2D eigenvalue weighted by Gasteiger charge is -2.19. The van der Waals surface area contributed by atoms with E-state index >= 15 is 0 Å². The number of fused-ring (bicyclic) bond motifs is 1. The van der Waals surface area contributed by atoms with Crippen molar-refractivity contribution in [1.82, 2.24) is 19.5 Å². The number of pyridine rings is 2. The summed E-state index contributed by atoms with van der Waals surface area (Å²) in [5.41, 5.74) is 2.15. The molecule has 9 nitrogen and oxygen atoms in total. The van der Waals surface area contributed by atoms with Crippen LogP contribution in [0.25, 0.3) is 21.5 Å². The summed E-state index contributed by atoms with van der Waals surface area (Å²) in [7, 11) is 1.52. The first kappa shape index (κ1) is 23.7. The number of carbonyl (C=O) groups excluding carboxylic acids is 2. The zero-order valence-electron chi connectivity index (χ0n) is 19.2. The van der Waals surface area contributed by atoms with Crippen LogP contribution in [0.2, 0.25) is 5.15 Å². The van der Waals surface area contributed by atoms with Crippen LogP contribution in [-0.2, 0) is 4.74 Å². The van der Waals surface area contributed by atoms with Gasteiger partial charge in [-0.15, -0.1) is 0 Å². The Hall–Kier alpha value is -3.50. The van der Waals surface area contributed by atoms with Crippen LogP contribution in [0.4, 0.5) is 9.93 Å². The van der Waals surface area contributed by atoms with Crippen molar-refractivity contribution in [2.75, 3.05) is 12.4 Å². The summed E-state index contributed by atoms with van der Waals surface area (Å²) in [5, 5.41) is 3.40. The summed E-state index contributed by atoms with van der Waals surface area (Å²) in [6.45, 7) is 7.20. The number of ether oxygens (including phenoxy) is 2. The van der Waals surface area contributed by atoms with Gasteiger partial charge >= 0.3 is 6.09 Å². The fourth-order valence-electron chi connectivity index (χ4n) is 3.24. The summed E-state index contributed by atoms with van der Waals surface area (Å²) in [6, 6.07) is 5.10. The molecule has 0 radical (unpaired) electrons. The number of rotatable bonds is 4. The smallest absolute Gasteiger partial charge is 0.419 e. The SMILES string of the molecule is COc1cnc(Cl)cc1-c1cc(C)ncc1C(=O)Nc1nc2ccn(C(=O)OC(C)(C)C)c2s1. The van der Waals surface area contributed by atoms with E-state index in [9.17, 15) is 9.59 Å². The van der Waals surface area contributed by atoms with Gasteiger partial charge in [-0.25, -0.2) is 19.3 Å². The van der Waals surface area contributed by atoms with Gasteiger partial charge < -0.3 is 9.47 Å². The number of nitrogens with zero attached hydrogens (tertiary/aromatic N) is 4. The summed E-state index contributed by atoms with van der Waals surface area (Å²) < 4.78 is 12.2. The molecule has 4 aromatic rings. The molecule has 0 fully saturated rings. The van der Waals surface area contributed by atoms with Crippen molar-refractivity contribution < 1.29 is 19.1 Å². The molecule has 0 bridgehead atoms. The van der Waals surface area contributed by atoms with Gasteiger partial charge in [0.25, 0.3) is 5.91 Å². The van der Waals surface area contributed by atoms with Gasteiger partial charge in [-0.05, 0) is 45.9 Å². The number of aryl methyl sites for hydroxylation is 1. The van der Waals surface area contributed by atoms with Crippen molar-refractivity contribution in [3.8, 4) is 16.9 Å². The van der Waals surface area contributed by atoms with E-state index in [4.69, 9.17) is 21.1 Å². The summed E-state index contributed by atoms with van der Waals surface area (Å²) in [5.74, 6) is 0.0492. The molecule has 0 spiro atoms. The van der Waals surface area contributed by atoms with E-state index in [0.29, 0.717) is 43.6 Å². The van der Waals surface area contributed by atoms with Crippen molar-refractivity contribution >= 4 is 50.4 Å². The Kier molecular flexibility index (Phi) is 6.28. The van der Waals surface area contributed by atoms with E-state index in [1.807, 2.05) is 6.92 Å². The second kappa shape index (κ2) is 9.03. The monoisotopic (exact) mass is 499 g/mol. The Bertz CT molecular complexity index is 1410. The molecular formula is C23H22ClN5O4S. The Morgan fingerprint density at radius 1 is 1.15 bits per heavy atom. The number of thiazole rings is 1. The van der Waals surface area contributed by atoms with Crippen molar-refractivity contribution in [3.63, 3.8) is 0 Å². The number of hydrogen-bond donors (Lipinski definition) is 1. The van der Waals surface area contributed by atoms with Gasteiger partial charge in [0.05, 0.1) is 18.9 Å². The van der Waals surface area contributed by atoms with Crippen molar-refractivity contribution in [3.05, 3.63) is 53.2 Å². The second-order valence-electron chi connectivity index (χ2n) is 8.41. The third-order valence-corrected chi connectivity index (χ3v) is 5.87. The van der Waals surface area contributed by atoms with E-state index in [-0.39, 0.29) is 5.15 Å². The fraction of sp³-hybridized carbons (Fsp3) is 0.261. The highest BCUT2D eigenvalue weighted by Gasteiger charge is 2.22. The molecule has 4 heterocycles. The van der Waals surface area contributed by atoms with Crippen molar-refractivity contribution in [2.24, 2.45) is 0 Å². The van der Waals surface area contributed by atoms with Gasteiger partial charge in [0.1, 0.15) is 26.9 Å². The van der Waals surface area contributed by atoms with Crippen LogP contribution in [0.5, 0.6) is 5.75 Å². The van der Waals surface area contributed by atoms with Crippen LogP contribution in [0.1, 0.15) is 36.8 Å². The van der Waals surface area contributed by atoms with Gasteiger partial charge in [0, 0.05) is 29.2 Å². The minimum atomic E-state index is -0.638. The molecule has 176 valence electrons. The van der Waals surface area contributed by atoms with E-state index < -0.39 is 17.6 Å². The van der Waals surface area contributed by atoms with E-state index in [1.54, 1.807) is 45.2 Å². The molecule has 0 saturated carbocycles. The average Bonchev–Trinajstić information content (AvgIpc) is 3.32. The first-order valence-electron chi connectivity index (χ1n) is 10.2. The Morgan fingerprint density at radius 2 is 1.91 bits per heavy atom. The Morgan fingerprint density at radius 3 is 2.62 bits per heavy atom. The molecule has 4 rings (SSSR count). The lowest BCUT2D eigenvalue weighted by Crippen LogP contribution is -2.26. The van der Waals surface area contributed by atoms with Crippen LogP contribution in [-0.4, -0.2) is 44.2 Å². The van der Waals surface area contributed by atoms with Gasteiger partial charge in [-0.1, -0.05) is 22.9 Å². The maximum absolute atomic E-state index is 13.2. The van der Waals surface area contributed by atoms with E-state index in [0.717, 1.165) is 0 Å². The molecular weight excluding hydrogens is 478 g/mol. The number of amides is 1. The highest BCUT2D eigenvalue weighted by molar-refractivity contribution is 7.22. The number of halogens is 1. The minimum Gasteiger partial charge on any atom is -0.494 e. The number of aromatic nitrogens is 4. The van der Waals surface area contributed by atoms with Crippen LogP contribution < -0.4 is 10.1 Å². The standard InChI is InChI=1S/C23H22ClN5O4S/c1-12-8-13(14-9-18(24)26-11-17(14)32-5)15(10-25-12)19(30)28-21-27-16-6-7-29(20(16)34-21)22(31)33-23(2,3)4/h6-11H,1-5H3,(H,27,28,30). The molecule has 0 aliphatic heterocycles. The average molecular weight is 500 g/mol. The normalized spacial score (nSPS) is 11.5. The summed E-state index contributed by atoms with van der Waals surface area (Å²) in [6.07, 6.45) is 4.06. The first-order valence-corrected chi connectivity index (χ1v) is 11.4. The van der Waals surface area contributed by atoms with Gasteiger partial charge in [0.15, 0.2) is 5.13 Å². The zero-order valence-corrected chi connectivity index (χ0v) is 20.7. The minimum absolute atomic E-state index is 0.266. The predicted octanol–water partition coefficient (Wildman–Crippen LogP) is 5.56. The van der Waals surface area contributed by atoms with Crippen molar-refractivity contribution in [1.29, 1.82) is 0 Å². The third-order valence-electron chi connectivity index (χ3n) is 4.67. The molecule has 0 aliphatic carbocycles. The summed E-state index contributed by atoms with van der Waals surface area (Å²) >= 11 is 7.27. The molecule has 1 N–H and O–H groups in total. The zero-order chi connectivity index (χ0) is 24.6. The number of methoxy groups -OCH3 is 1.